The molecule has 0 saturated carbocycles. The zero-order chi connectivity index (χ0) is 35.4. The lowest BCUT2D eigenvalue weighted by molar-refractivity contribution is 0.0651. The molecule has 0 saturated heterocycles. The maximum atomic E-state index is 11.6. The van der Waals surface area contributed by atoms with Crippen molar-refractivity contribution in [1.82, 2.24) is 4.98 Å². The normalized spacial score (nSPS) is 10.6. The number of aromatic nitrogens is 1. The lowest BCUT2D eigenvalue weighted by Gasteiger charge is -2.12. The van der Waals surface area contributed by atoms with E-state index in [1.165, 1.54) is 24.3 Å². The van der Waals surface area contributed by atoms with Crippen LogP contribution in [0, 0.1) is 0 Å². The zero-order valence-corrected chi connectivity index (χ0v) is 25.8. The Bertz CT molecular complexity index is 2130. The summed E-state index contributed by atoms with van der Waals surface area (Å²) in [4.78, 5) is 50.8. The number of hydrogen-bond acceptors (Lipinski definition) is 7. The van der Waals surface area contributed by atoms with Crippen molar-refractivity contribution in [3.05, 3.63) is 150 Å². The highest BCUT2D eigenvalue weighted by Gasteiger charge is 2.19. The van der Waals surface area contributed by atoms with Crippen LogP contribution < -0.4 is 9.47 Å². The summed E-state index contributed by atoms with van der Waals surface area (Å²) < 4.78 is 11.7. The third-order valence-corrected chi connectivity index (χ3v) is 7.61. The fourth-order valence-corrected chi connectivity index (χ4v) is 5.18. The van der Waals surface area contributed by atoms with Crippen molar-refractivity contribution in [3.63, 3.8) is 0 Å². The van der Waals surface area contributed by atoms with Gasteiger partial charge in [-0.25, -0.2) is 24.2 Å². The van der Waals surface area contributed by atoms with Crippen LogP contribution in [-0.2, 0) is 0 Å². The van der Waals surface area contributed by atoms with Crippen LogP contribution in [0.1, 0.15) is 41.4 Å². The Labute approximate surface area is 283 Å². The van der Waals surface area contributed by atoms with Crippen LogP contribution in [0.15, 0.2) is 127 Å². The van der Waals surface area contributed by atoms with E-state index in [0.29, 0.717) is 22.9 Å². The molecule has 0 atom stereocenters. The number of carboxylic acids is 4. The average Bonchev–Trinajstić information content (AvgIpc) is 3.12. The Hall–Kier alpha value is -7.27. The number of rotatable bonds is 11. The number of carboxylic acid groups (broad SMARTS) is 4. The molecule has 5 aromatic carbocycles. The molecule has 0 radical (unpaired) electrons. The summed E-state index contributed by atoms with van der Waals surface area (Å²) in [5.74, 6) is -4.34. The molecule has 0 bridgehead atoms. The SMILES string of the molecule is O=C(O)c1ccc(Oc2ccc(-c3cc(-c4ccccc4)cc(-c4ccc(Oc5ccc(C(=O)O)c(C(=O)O)c5)cc4)n3)cc2)cc1C(=O)O. The van der Waals surface area contributed by atoms with Gasteiger partial charge in [0.25, 0.3) is 0 Å². The van der Waals surface area contributed by atoms with Crippen LogP contribution in [0.3, 0.4) is 0 Å². The van der Waals surface area contributed by atoms with Crippen LogP contribution in [0.5, 0.6) is 23.0 Å². The first kappa shape index (κ1) is 32.7. The van der Waals surface area contributed by atoms with Crippen molar-refractivity contribution >= 4 is 23.9 Å². The average molecular weight is 668 g/mol. The Kier molecular flexibility index (Phi) is 9.04. The molecule has 0 fully saturated rings. The van der Waals surface area contributed by atoms with Gasteiger partial charge >= 0.3 is 23.9 Å². The number of hydrogen-bond donors (Lipinski definition) is 4. The summed E-state index contributed by atoms with van der Waals surface area (Å²) in [5, 5.41) is 37.4. The fraction of sp³-hybridized carbons (Fsp3) is 0. The van der Waals surface area contributed by atoms with Gasteiger partial charge in [0.1, 0.15) is 23.0 Å². The molecule has 0 unspecified atom stereocenters. The summed E-state index contributed by atoms with van der Waals surface area (Å²) in [6, 6.07) is 35.1. The Morgan fingerprint density at radius 1 is 0.380 bits per heavy atom. The lowest BCUT2D eigenvalue weighted by Crippen LogP contribution is -2.07. The molecule has 11 nitrogen and oxygen atoms in total. The predicted octanol–water partition coefficient (Wildman–Crippen LogP) is 8.46. The second-order valence-electron chi connectivity index (χ2n) is 10.9. The Morgan fingerprint density at radius 2 is 0.760 bits per heavy atom. The smallest absolute Gasteiger partial charge is 0.336 e. The molecule has 6 rings (SSSR count). The lowest BCUT2D eigenvalue weighted by atomic mass is 10.00. The van der Waals surface area contributed by atoms with E-state index >= 15 is 0 Å². The maximum absolute atomic E-state index is 11.6. The van der Waals surface area contributed by atoms with Gasteiger partial charge in [-0.3, -0.25) is 0 Å². The molecule has 4 N–H and O–H groups in total. The van der Waals surface area contributed by atoms with E-state index in [9.17, 15) is 39.6 Å². The maximum Gasteiger partial charge on any atom is 0.336 e. The largest absolute Gasteiger partial charge is 0.478 e. The molecule has 0 amide bonds. The molecule has 246 valence electrons. The Morgan fingerprint density at radius 3 is 1.14 bits per heavy atom. The van der Waals surface area contributed by atoms with Crippen molar-refractivity contribution in [3.8, 4) is 56.6 Å². The molecule has 0 aliphatic carbocycles. The first-order chi connectivity index (χ1) is 24.0. The van der Waals surface area contributed by atoms with Crippen molar-refractivity contribution in [2.45, 2.75) is 0 Å². The number of ether oxygens (including phenoxy) is 2. The van der Waals surface area contributed by atoms with Gasteiger partial charge in [-0.2, -0.15) is 0 Å². The topological polar surface area (TPSA) is 181 Å². The van der Waals surface area contributed by atoms with Crippen molar-refractivity contribution < 1.29 is 49.1 Å². The molecule has 1 heterocycles. The van der Waals surface area contributed by atoms with Crippen LogP contribution in [0.4, 0.5) is 0 Å². The zero-order valence-electron chi connectivity index (χ0n) is 25.8. The predicted molar refractivity (Wildman–Crippen MR) is 181 cm³/mol. The summed E-state index contributed by atoms with van der Waals surface area (Å²) >= 11 is 0. The molecule has 11 heteroatoms. The minimum Gasteiger partial charge on any atom is -0.478 e. The third-order valence-electron chi connectivity index (χ3n) is 7.61. The highest BCUT2D eigenvalue weighted by Crippen LogP contribution is 2.33. The fourth-order valence-electron chi connectivity index (χ4n) is 5.18. The van der Waals surface area contributed by atoms with E-state index in [-0.39, 0.29) is 33.8 Å². The van der Waals surface area contributed by atoms with Crippen molar-refractivity contribution in [2.75, 3.05) is 0 Å². The molecule has 0 aliphatic heterocycles. The van der Waals surface area contributed by atoms with E-state index in [2.05, 4.69) is 0 Å². The molecular weight excluding hydrogens is 642 g/mol. The van der Waals surface area contributed by atoms with Gasteiger partial charge in [0.15, 0.2) is 0 Å². The van der Waals surface area contributed by atoms with E-state index in [1.54, 1.807) is 48.5 Å². The highest BCUT2D eigenvalue weighted by atomic mass is 16.5. The number of carbonyl (C=O) groups is 4. The van der Waals surface area contributed by atoms with E-state index in [0.717, 1.165) is 34.4 Å². The molecule has 50 heavy (non-hydrogen) atoms. The summed E-state index contributed by atoms with van der Waals surface area (Å²) in [6.07, 6.45) is 0. The standard InChI is InChI=1S/C39H25NO10/c41-36(42)30-16-14-28(20-32(30)38(45)46)49-26-10-6-23(7-11-26)34-18-25(22-4-2-1-3-5-22)19-35(40-34)24-8-12-27(13-9-24)50-29-15-17-31(37(43)44)33(21-29)39(47)48/h1-21H,(H,41,42)(H,43,44)(H,45,46)(H,47,48). The van der Waals surface area contributed by atoms with Crippen LogP contribution in [0.2, 0.25) is 0 Å². The molecule has 0 spiro atoms. The minimum atomic E-state index is -1.38. The van der Waals surface area contributed by atoms with E-state index < -0.39 is 23.9 Å². The number of aromatic carboxylic acids is 4. The number of pyridine rings is 1. The van der Waals surface area contributed by atoms with Gasteiger partial charge < -0.3 is 29.9 Å². The van der Waals surface area contributed by atoms with Gasteiger partial charge in [0.2, 0.25) is 0 Å². The van der Waals surface area contributed by atoms with Crippen LogP contribution >= 0.6 is 0 Å². The molecule has 1 aromatic heterocycles. The summed E-state index contributed by atoms with van der Waals surface area (Å²) in [7, 11) is 0. The first-order valence-electron chi connectivity index (χ1n) is 14.9. The van der Waals surface area contributed by atoms with Gasteiger partial charge in [0.05, 0.1) is 33.6 Å². The third kappa shape index (κ3) is 7.16. The van der Waals surface area contributed by atoms with Crippen LogP contribution in [0.25, 0.3) is 33.6 Å². The minimum absolute atomic E-state index is 0.165. The van der Waals surface area contributed by atoms with Gasteiger partial charge in [0, 0.05) is 11.1 Å². The Balaban J connectivity index is 1.28. The van der Waals surface area contributed by atoms with E-state index in [1.807, 2.05) is 42.5 Å². The summed E-state index contributed by atoms with van der Waals surface area (Å²) in [5.41, 5.74) is 3.27. The van der Waals surface area contributed by atoms with Gasteiger partial charge in [-0.15, -0.1) is 0 Å². The quantitative estimate of drug-likeness (QED) is 0.104. The summed E-state index contributed by atoms with van der Waals surface area (Å²) in [6.45, 7) is 0. The van der Waals surface area contributed by atoms with E-state index in [4.69, 9.17) is 14.5 Å². The van der Waals surface area contributed by atoms with Crippen LogP contribution in [-0.4, -0.2) is 49.3 Å². The monoisotopic (exact) mass is 667 g/mol. The number of nitrogens with zero attached hydrogens (tertiary/aromatic N) is 1. The molecule has 6 aromatic rings. The highest BCUT2D eigenvalue weighted by molar-refractivity contribution is 6.02. The van der Waals surface area contributed by atoms with Crippen molar-refractivity contribution in [2.24, 2.45) is 0 Å². The first-order valence-corrected chi connectivity index (χ1v) is 14.9. The second kappa shape index (κ2) is 13.8. The van der Waals surface area contributed by atoms with Gasteiger partial charge in [-0.1, -0.05) is 30.3 Å². The van der Waals surface area contributed by atoms with Gasteiger partial charge in [-0.05, 0) is 108 Å². The molecule has 0 aliphatic rings. The second-order valence-corrected chi connectivity index (χ2v) is 10.9. The number of benzene rings is 5. The molecular formula is C39H25NO10. The van der Waals surface area contributed by atoms with Crippen molar-refractivity contribution in [1.29, 1.82) is 0 Å².